The number of hydrogen-bond acceptors (Lipinski definition) is 4. The van der Waals surface area contributed by atoms with Gasteiger partial charge in [0, 0.05) is 19.9 Å². The molecule has 0 spiro atoms. The molecule has 0 aromatic heterocycles. The van der Waals surface area contributed by atoms with E-state index in [4.69, 9.17) is 10.00 Å². The predicted octanol–water partition coefficient (Wildman–Crippen LogP) is 0.702. The number of nitrogens with zero attached hydrogens (tertiary/aromatic N) is 2. The number of esters is 1. The minimum Gasteiger partial charge on any atom is -0.464 e. The number of carbonyl (C=O) groups is 2. The lowest BCUT2D eigenvalue weighted by molar-refractivity contribution is -0.143. The van der Waals surface area contributed by atoms with Crippen LogP contribution >= 0.6 is 0 Å². The molecular formula is C10H16N2O3. The molecule has 84 valence electrons. The molecule has 0 bridgehead atoms. The molecule has 5 heteroatoms. The quantitative estimate of drug-likeness (QED) is 0.608. The van der Waals surface area contributed by atoms with Gasteiger partial charge in [-0.15, -0.1) is 0 Å². The van der Waals surface area contributed by atoms with Gasteiger partial charge in [-0.3, -0.25) is 9.59 Å². The van der Waals surface area contributed by atoms with Crippen LogP contribution in [0.5, 0.6) is 0 Å². The van der Waals surface area contributed by atoms with Gasteiger partial charge >= 0.3 is 5.97 Å². The normalized spacial score (nSPS) is 9.13. The van der Waals surface area contributed by atoms with E-state index in [2.05, 4.69) is 0 Å². The van der Waals surface area contributed by atoms with Gasteiger partial charge in [-0.2, -0.15) is 5.26 Å². The molecule has 5 nitrogen and oxygen atoms in total. The monoisotopic (exact) mass is 212 g/mol. The highest BCUT2D eigenvalue weighted by molar-refractivity contribution is 5.75. The average molecular weight is 212 g/mol. The molecule has 0 aromatic carbocycles. The standard InChI is InChI=1S/C10H16N2O3/c1-3-10(14)12(6-4-5-11)7-8-15-9(2)13/h3-4,6-8H2,1-2H3. The van der Waals surface area contributed by atoms with Gasteiger partial charge in [-0.1, -0.05) is 6.92 Å². The fourth-order valence-electron chi connectivity index (χ4n) is 1.07. The van der Waals surface area contributed by atoms with Crippen LogP contribution in [0, 0.1) is 11.3 Å². The maximum Gasteiger partial charge on any atom is 0.302 e. The van der Waals surface area contributed by atoms with Crippen molar-refractivity contribution >= 4 is 11.9 Å². The van der Waals surface area contributed by atoms with Crippen LogP contribution in [0.2, 0.25) is 0 Å². The predicted molar refractivity (Wildman–Crippen MR) is 53.7 cm³/mol. The van der Waals surface area contributed by atoms with Crippen molar-refractivity contribution < 1.29 is 14.3 Å². The summed E-state index contributed by atoms with van der Waals surface area (Å²) in [5, 5.41) is 8.41. The zero-order chi connectivity index (χ0) is 11.7. The maximum atomic E-state index is 11.4. The maximum absolute atomic E-state index is 11.4. The molecule has 1 amide bonds. The second kappa shape index (κ2) is 7.80. The van der Waals surface area contributed by atoms with Crippen molar-refractivity contribution in [2.75, 3.05) is 19.7 Å². The van der Waals surface area contributed by atoms with Gasteiger partial charge in [0.1, 0.15) is 6.61 Å². The third-order valence-electron chi connectivity index (χ3n) is 1.82. The number of amides is 1. The molecule has 0 aromatic rings. The van der Waals surface area contributed by atoms with Crippen LogP contribution in [0.25, 0.3) is 0 Å². The topological polar surface area (TPSA) is 70.4 Å². The number of rotatable bonds is 6. The fourth-order valence-corrected chi connectivity index (χ4v) is 1.07. The molecule has 15 heavy (non-hydrogen) atoms. The second-order valence-electron chi connectivity index (χ2n) is 2.98. The molecule has 0 atom stereocenters. The largest absolute Gasteiger partial charge is 0.464 e. The Morgan fingerprint density at radius 3 is 2.53 bits per heavy atom. The lowest BCUT2D eigenvalue weighted by Crippen LogP contribution is -2.34. The van der Waals surface area contributed by atoms with Crippen LogP contribution in [0.15, 0.2) is 0 Å². The summed E-state index contributed by atoms with van der Waals surface area (Å²) in [6.45, 7) is 4.01. The zero-order valence-electron chi connectivity index (χ0n) is 9.15. The Labute approximate surface area is 89.6 Å². The van der Waals surface area contributed by atoms with E-state index in [1.54, 1.807) is 6.92 Å². The summed E-state index contributed by atoms with van der Waals surface area (Å²) < 4.78 is 4.73. The molecule has 0 aliphatic rings. The Kier molecular flexibility index (Phi) is 6.98. The second-order valence-corrected chi connectivity index (χ2v) is 2.98. The first kappa shape index (κ1) is 13.4. The summed E-state index contributed by atoms with van der Waals surface area (Å²) >= 11 is 0. The van der Waals surface area contributed by atoms with Crippen molar-refractivity contribution in [2.45, 2.75) is 26.7 Å². The summed E-state index contributed by atoms with van der Waals surface area (Å²) in [5.41, 5.74) is 0. The number of carbonyl (C=O) groups excluding carboxylic acids is 2. The van der Waals surface area contributed by atoms with Gasteiger partial charge in [0.25, 0.3) is 0 Å². The summed E-state index contributed by atoms with van der Waals surface area (Å²) in [6.07, 6.45) is 0.692. The van der Waals surface area contributed by atoms with Gasteiger partial charge in [0.05, 0.1) is 19.0 Å². The van der Waals surface area contributed by atoms with E-state index >= 15 is 0 Å². The smallest absolute Gasteiger partial charge is 0.302 e. The Bertz CT molecular complexity index is 258. The van der Waals surface area contributed by atoms with Gasteiger partial charge < -0.3 is 9.64 Å². The first-order valence-corrected chi connectivity index (χ1v) is 4.89. The summed E-state index contributed by atoms with van der Waals surface area (Å²) in [5.74, 6) is -0.392. The minimum atomic E-state index is -0.362. The molecule has 0 aliphatic carbocycles. The SMILES string of the molecule is CCC(=O)N(CCC#N)CCOC(C)=O. The third-order valence-corrected chi connectivity index (χ3v) is 1.82. The van der Waals surface area contributed by atoms with E-state index in [0.717, 1.165) is 0 Å². The van der Waals surface area contributed by atoms with Crippen LogP contribution in [0.3, 0.4) is 0 Å². The Morgan fingerprint density at radius 1 is 1.40 bits per heavy atom. The van der Waals surface area contributed by atoms with E-state index in [1.807, 2.05) is 6.07 Å². The van der Waals surface area contributed by atoms with E-state index in [1.165, 1.54) is 11.8 Å². The van der Waals surface area contributed by atoms with Crippen LogP contribution in [0.1, 0.15) is 26.7 Å². The summed E-state index contributed by atoms with van der Waals surface area (Å²) in [4.78, 5) is 23.4. The van der Waals surface area contributed by atoms with Gasteiger partial charge in [0.2, 0.25) is 5.91 Å². The third kappa shape index (κ3) is 6.49. The molecule has 0 rings (SSSR count). The van der Waals surface area contributed by atoms with E-state index in [9.17, 15) is 9.59 Å². The lowest BCUT2D eigenvalue weighted by atomic mass is 10.3. The first-order valence-electron chi connectivity index (χ1n) is 4.89. The van der Waals surface area contributed by atoms with Gasteiger partial charge in [-0.25, -0.2) is 0 Å². The van der Waals surface area contributed by atoms with Crippen molar-refractivity contribution in [1.82, 2.24) is 4.90 Å². The molecule has 0 heterocycles. The molecule has 0 N–H and O–H groups in total. The molecule has 0 unspecified atom stereocenters. The number of ether oxygens (including phenoxy) is 1. The highest BCUT2D eigenvalue weighted by atomic mass is 16.5. The van der Waals surface area contributed by atoms with Gasteiger partial charge in [0.15, 0.2) is 0 Å². The molecule has 0 saturated heterocycles. The van der Waals surface area contributed by atoms with Crippen LogP contribution in [-0.2, 0) is 14.3 Å². The van der Waals surface area contributed by atoms with Crippen molar-refractivity contribution in [3.8, 4) is 6.07 Å². The molecule has 0 aliphatic heterocycles. The van der Waals surface area contributed by atoms with Crippen LogP contribution in [0.4, 0.5) is 0 Å². The fraction of sp³-hybridized carbons (Fsp3) is 0.700. The molecule has 0 saturated carbocycles. The highest BCUT2D eigenvalue weighted by Crippen LogP contribution is 1.96. The minimum absolute atomic E-state index is 0.0302. The lowest BCUT2D eigenvalue weighted by Gasteiger charge is -2.20. The molecule has 0 radical (unpaired) electrons. The molecular weight excluding hydrogens is 196 g/mol. The highest BCUT2D eigenvalue weighted by Gasteiger charge is 2.10. The molecule has 0 fully saturated rings. The van der Waals surface area contributed by atoms with Crippen molar-refractivity contribution in [3.05, 3.63) is 0 Å². The number of hydrogen-bond donors (Lipinski definition) is 0. The average Bonchev–Trinajstić information content (AvgIpc) is 2.21. The zero-order valence-corrected chi connectivity index (χ0v) is 9.15. The summed E-state index contributed by atoms with van der Waals surface area (Å²) in [6, 6.07) is 1.97. The van der Waals surface area contributed by atoms with Crippen molar-refractivity contribution in [2.24, 2.45) is 0 Å². The van der Waals surface area contributed by atoms with Crippen LogP contribution in [-0.4, -0.2) is 36.5 Å². The number of nitriles is 1. The first-order chi connectivity index (χ1) is 7.11. The van der Waals surface area contributed by atoms with Crippen molar-refractivity contribution in [1.29, 1.82) is 5.26 Å². The van der Waals surface area contributed by atoms with E-state index in [-0.39, 0.29) is 18.5 Å². The Morgan fingerprint density at radius 2 is 2.07 bits per heavy atom. The van der Waals surface area contributed by atoms with Gasteiger partial charge in [-0.05, 0) is 0 Å². The Balaban J connectivity index is 3.96. The van der Waals surface area contributed by atoms with E-state index < -0.39 is 0 Å². The Hall–Kier alpha value is -1.57. The summed E-state index contributed by atoms with van der Waals surface area (Å²) in [7, 11) is 0. The van der Waals surface area contributed by atoms with Crippen LogP contribution < -0.4 is 0 Å². The van der Waals surface area contributed by atoms with Crippen molar-refractivity contribution in [3.63, 3.8) is 0 Å². The van der Waals surface area contributed by atoms with E-state index in [0.29, 0.717) is 25.9 Å².